The van der Waals surface area contributed by atoms with Crippen molar-refractivity contribution in [1.82, 2.24) is 39.0 Å². The van der Waals surface area contributed by atoms with Crippen molar-refractivity contribution in [2.24, 2.45) is 0 Å². The van der Waals surface area contributed by atoms with E-state index in [1.807, 2.05) is 45.3 Å². The lowest BCUT2D eigenvalue weighted by Crippen LogP contribution is -2.07. The Morgan fingerprint density at radius 2 is 0.726 bits per heavy atom. The summed E-state index contributed by atoms with van der Waals surface area (Å²) in [5, 5.41) is 12.7. The number of allylic oxidation sites excluding steroid dienone is 1. The fourth-order valence-electron chi connectivity index (χ4n) is 13.1. The van der Waals surface area contributed by atoms with E-state index < -0.39 is 0 Å². The van der Waals surface area contributed by atoms with E-state index in [1.165, 1.54) is 81.0 Å². The number of rotatable bonds is 6. The second-order valence-corrected chi connectivity index (χ2v) is 26.0. The maximum absolute atomic E-state index is 5.57. The largest absolute Gasteiger partial charge is 0.278 e. The summed E-state index contributed by atoms with van der Waals surface area (Å²) >= 11 is 7.32. The highest BCUT2D eigenvalue weighted by Gasteiger charge is 2.26. The van der Waals surface area contributed by atoms with Crippen molar-refractivity contribution in [3.05, 3.63) is 223 Å². The molecule has 8 nitrogen and oxygen atoms in total. The predicted octanol–water partition coefficient (Wildman–Crippen LogP) is 20.2. The van der Waals surface area contributed by atoms with Gasteiger partial charge in [0.25, 0.3) is 0 Å². The lowest BCUT2D eigenvalue weighted by Gasteiger charge is -2.12. The first kappa shape index (κ1) is 46.8. The molecule has 0 amide bonds. The standard InChI is InChI=1S/C72H40N8S4/c1-7-19-54-43(13-1)48-29-30-56-65(66(48)80(54)72-77-69(41-27-33-63-52(37-41)46-16-5-11-23-59(46)83-63)74-70(78-72)42-28-34-64-53(38-42)47-17-6-12-24-60(47)84-64)49-18-2-8-20-55(49)79(56)71-75-67(39-25-31-61-50(35-39)44-14-3-9-21-57(44)81-61)73-68(76-71)40-26-32-62-51(36-40)45-15-4-10-22-58(45)82-62/h1-9,11-21,23-38H,10,22H2. The maximum atomic E-state index is 5.57. The summed E-state index contributed by atoms with van der Waals surface area (Å²) < 4.78 is 13.2. The Bertz CT molecular complexity index is 5780. The van der Waals surface area contributed by atoms with Crippen LogP contribution in [0.3, 0.4) is 0 Å². The molecule has 18 aromatic rings. The second-order valence-electron chi connectivity index (χ2n) is 21.6. The van der Waals surface area contributed by atoms with Crippen molar-refractivity contribution < 1.29 is 0 Å². The monoisotopic (exact) mass is 1140 g/mol. The van der Waals surface area contributed by atoms with Gasteiger partial charge in [0.15, 0.2) is 23.3 Å². The normalized spacial score (nSPS) is 12.9. The molecule has 19 rings (SSSR count). The number of hydrogen-bond acceptors (Lipinski definition) is 10. The topological polar surface area (TPSA) is 87.2 Å². The molecule has 8 heterocycles. The molecule has 84 heavy (non-hydrogen) atoms. The van der Waals surface area contributed by atoms with Crippen LogP contribution in [-0.4, -0.2) is 39.0 Å². The van der Waals surface area contributed by atoms with E-state index in [2.05, 4.69) is 228 Å². The van der Waals surface area contributed by atoms with Gasteiger partial charge in [-0.2, -0.15) is 19.9 Å². The lowest BCUT2D eigenvalue weighted by atomic mass is 10.0. The molecule has 0 saturated carbocycles. The maximum Gasteiger partial charge on any atom is 0.238 e. The first-order chi connectivity index (χ1) is 41.6. The quantitative estimate of drug-likeness (QED) is 0.165. The molecular formula is C72H40N8S4. The number of fused-ring (bicyclic) bond motifs is 19. The molecule has 0 N–H and O–H groups in total. The smallest absolute Gasteiger partial charge is 0.238 e. The van der Waals surface area contributed by atoms with Crippen LogP contribution >= 0.6 is 45.3 Å². The van der Waals surface area contributed by atoms with E-state index in [1.54, 1.807) is 0 Å². The average molecular weight is 1150 g/mol. The van der Waals surface area contributed by atoms with E-state index in [9.17, 15) is 0 Å². The van der Waals surface area contributed by atoms with Crippen LogP contribution in [0.25, 0.3) is 178 Å². The van der Waals surface area contributed by atoms with Gasteiger partial charge in [-0.1, -0.05) is 109 Å². The minimum absolute atomic E-state index is 0.526. The van der Waals surface area contributed by atoms with Gasteiger partial charge < -0.3 is 0 Å². The molecule has 0 aliphatic heterocycles. The summed E-state index contributed by atoms with van der Waals surface area (Å²) in [5.41, 5.74) is 8.90. The van der Waals surface area contributed by atoms with Crippen LogP contribution < -0.4 is 0 Å². The molecule has 0 radical (unpaired) electrons. The van der Waals surface area contributed by atoms with E-state index >= 15 is 0 Å². The van der Waals surface area contributed by atoms with Crippen molar-refractivity contribution in [2.75, 3.05) is 0 Å². The number of para-hydroxylation sites is 2. The summed E-state index contributed by atoms with van der Waals surface area (Å²) in [6.45, 7) is 0. The van der Waals surface area contributed by atoms with E-state index in [0.717, 1.165) is 78.7 Å². The molecule has 8 aromatic heterocycles. The molecule has 0 unspecified atom stereocenters. The zero-order valence-corrected chi connectivity index (χ0v) is 47.7. The van der Waals surface area contributed by atoms with E-state index in [4.69, 9.17) is 29.9 Å². The Kier molecular flexibility index (Phi) is 9.93. The SMILES string of the molecule is C1=Cc2c(sc3ccc(-c4nc(-c5ccc6sc7ccccc7c6c5)nc(-n5c6ccccc6c6c5ccc5c7ccccc7n(-c7nc(-c8ccc9sc%10ccccc%10c9c8)nc(-c8ccc9sc%10ccccc%10c9c8)n7)c56)n4)cc23)CC1. The van der Waals surface area contributed by atoms with Gasteiger partial charge in [-0.05, 0) is 128 Å². The Morgan fingerprint density at radius 3 is 1.25 bits per heavy atom. The second kappa shape index (κ2) is 17.8. The third-order valence-electron chi connectivity index (χ3n) is 16.9. The predicted molar refractivity (Wildman–Crippen MR) is 355 cm³/mol. The van der Waals surface area contributed by atoms with Gasteiger partial charge in [0, 0.05) is 119 Å². The van der Waals surface area contributed by atoms with Gasteiger partial charge >= 0.3 is 0 Å². The fraction of sp³-hybridized carbons (Fsp3) is 0.0278. The van der Waals surface area contributed by atoms with Crippen molar-refractivity contribution in [3.8, 4) is 57.4 Å². The zero-order chi connectivity index (χ0) is 54.7. The van der Waals surface area contributed by atoms with Crippen molar-refractivity contribution in [3.63, 3.8) is 0 Å². The Labute approximate surface area is 494 Å². The summed E-state index contributed by atoms with van der Waals surface area (Å²) in [5.74, 6) is 3.47. The van der Waals surface area contributed by atoms with Gasteiger partial charge in [-0.3, -0.25) is 9.13 Å². The highest BCUT2D eigenvalue weighted by molar-refractivity contribution is 7.26. The van der Waals surface area contributed by atoms with Crippen LogP contribution in [-0.2, 0) is 6.42 Å². The number of thiophene rings is 4. The van der Waals surface area contributed by atoms with Crippen molar-refractivity contribution >= 4 is 166 Å². The van der Waals surface area contributed by atoms with Gasteiger partial charge in [0.1, 0.15) is 0 Å². The van der Waals surface area contributed by atoms with Gasteiger partial charge in [-0.15, -0.1) is 45.3 Å². The van der Waals surface area contributed by atoms with Gasteiger partial charge in [0.05, 0.1) is 22.1 Å². The van der Waals surface area contributed by atoms with Crippen molar-refractivity contribution in [2.45, 2.75) is 12.8 Å². The molecule has 0 spiro atoms. The molecule has 1 aliphatic carbocycles. The Balaban J connectivity index is 0.877. The Morgan fingerprint density at radius 1 is 0.310 bits per heavy atom. The minimum Gasteiger partial charge on any atom is -0.278 e. The van der Waals surface area contributed by atoms with Crippen molar-refractivity contribution in [1.29, 1.82) is 0 Å². The Hall–Kier alpha value is -9.82. The molecule has 1 aliphatic rings. The van der Waals surface area contributed by atoms with Crippen LogP contribution in [0.1, 0.15) is 16.9 Å². The number of aryl methyl sites for hydroxylation is 1. The third kappa shape index (κ3) is 6.96. The first-order valence-electron chi connectivity index (χ1n) is 28.0. The fourth-order valence-corrected chi connectivity index (χ4v) is 17.5. The molecule has 0 saturated heterocycles. The first-order valence-corrected chi connectivity index (χ1v) is 31.3. The number of nitrogens with zero attached hydrogens (tertiary/aromatic N) is 8. The zero-order valence-electron chi connectivity index (χ0n) is 44.4. The van der Waals surface area contributed by atoms with Crippen LogP contribution in [0.2, 0.25) is 0 Å². The molecule has 0 atom stereocenters. The number of hydrogen-bond donors (Lipinski definition) is 0. The van der Waals surface area contributed by atoms with E-state index in [0.29, 0.717) is 35.2 Å². The number of benzene rings is 10. The molecule has 0 bridgehead atoms. The molecule has 392 valence electrons. The van der Waals surface area contributed by atoms with Crippen LogP contribution in [0, 0.1) is 0 Å². The summed E-state index contributed by atoms with van der Waals surface area (Å²) in [6.07, 6.45) is 6.71. The summed E-state index contributed by atoms with van der Waals surface area (Å²) in [7, 11) is 0. The summed E-state index contributed by atoms with van der Waals surface area (Å²) in [6, 6.07) is 74.3. The molecular weight excluding hydrogens is 1110 g/mol. The minimum atomic E-state index is 0.526. The van der Waals surface area contributed by atoms with E-state index in [-0.39, 0.29) is 0 Å². The average Bonchev–Trinajstić information content (AvgIpc) is 2.88. The van der Waals surface area contributed by atoms with Gasteiger partial charge in [-0.25, -0.2) is 9.97 Å². The van der Waals surface area contributed by atoms with Crippen LogP contribution in [0.15, 0.2) is 212 Å². The lowest BCUT2D eigenvalue weighted by molar-refractivity contribution is 0.952. The summed E-state index contributed by atoms with van der Waals surface area (Å²) in [4.78, 5) is 34.5. The number of aromatic nitrogens is 8. The highest BCUT2D eigenvalue weighted by Crippen LogP contribution is 2.45. The molecule has 12 heteroatoms. The van der Waals surface area contributed by atoms with Crippen LogP contribution in [0.5, 0.6) is 0 Å². The van der Waals surface area contributed by atoms with Crippen LogP contribution in [0.4, 0.5) is 0 Å². The molecule has 0 fully saturated rings. The molecule has 10 aromatic carbocycles. The van der Waals surface area contributed by atoms with Gasteiger partial charge in [0.2, 0.25) is 11.9 Å². The highest BCUT2D eigenvalue weighted by atomic mass is 32.1. The third-order valence-corrected chi connectivity index (χ3v) is 21.6.